The van der Waals surface area contributed by atoms with E-state index in [1.807, 2.05) is 0 Å². The van der Waals surface area contributed by atoms with E-state index in [4.69, 9.17) is 0 Å². The summed E-state index contributed by atoms with van der Waals surface area (Å²) in [7, 11) is 0. The lowest BCUT2D eigenvalue weighted by molar-refractivity contribution is 0.319. The molecule has 0 aromatic carbocycles. The van der Waals surface area contributed by atoms with Gasteiger partial charge in [-0.3, -0.25) is 0 Å². The summed E-state index contributed by atoms with van der Waals surface area (Å²) in [4.78, 5) is 0. The first-order valence-electron chi connectivity index (χ1n) is 5.43. The molecule has 1 heteroatoms. The highest BCUT2D eigenvalue weighted by atomic mass is 14.9. The summed E-state index contributed by atoms with van der Waals surface area (Å²) < 4.78 is 0. The molecular formula is C12H19N. The van der Waals surface area contributed by atoms with Gasteiger partial charge in [-0.15, -0.1) is 0 Å². The van der Waals surface area contributed by atoms with E-state index in [0.29, 0.717) is 6.04 Å². The molecule has 1 saturated heterocycles. The summed E-state index contributed by atoms with van der Waals surface area (Å²) in [6, 6.07) is 0.602. The normalized spacial score (nSPS) is 33.3. The fourth-order valence-corrected chi connectivity index (χ4v) is 2.47. The molecule has 72 valence electrons. The van der Waals surface area contributed by atoms with Gasteiger partial charge < -0.3 is 5.32 Å². The van der Waals surface area contributed by atoms with Gasteiger partial charge in [0.1, 0.15) is 0 Å². The van der Waals surface area contributed by atoms with Gasteiger partial charge in [-0.25, -0.2) is 0 Å². The topological polar surface area (TPSA) is 12.0 Å². The molecule has 1 heterocycles. The number of rotatable bonds is 1. The third-order valence-corrected chi connectivity index (χ3v) is 3.40. The standard InChI is InChI=1S/C12H19N/c1-3-10-5-7-11-6-4-9(2)13-12(11)8-10/h8,11-13H,2-7H2,1H3. The minimum absolute atomic E-state index is 0.602. The molecule has 0 aromatic rings. The number of fused-ring (bicyclic) bond motifs is 1. The van der Waals surface area contributed by atoms with Crippen LogP contribution in [0, 0.1) is 5.92 Å². The molecule has 1 N–H and O–H groups in total. The smallest absolute Gasteiger partial charge is 0.0472 e. The first-order valence-corrected chi connectivity index (χ1v) is 5.43. The van der Waals surface area contributed by atoms with Crippen LogP contribution in [-0.2, 0) is 0 Å². The summed E-state index contributed by atoms with van der Waals surface area (Å²) in [5, 5.41) is 3.51. The number of allylic oxidation sites excluding steroid dienone is 2. The first-order chi connectivity index (χ1) is 6.29. The molecule has 0 bridgehead atoms. The van der Waals surface area contributed by atoms with E-state index >= 15 is 0 Å². The lowest BCUT2D eigenvalue weighted by Gasteiger charge is -2.36. The van der Waals surface area contributed by atoms with Crippen molar-refractivity contribution in [3.63, 3.8) is 0 Å². The molecule has 1 aliphatic carbocycles. The van der Waals surface area contributed by atoms with Gasteiger partial charge >= 0.3 is 0 Å². The fraction of sp³-hybridized carbons (Fsp3) is 0.667. The Labute approximate surface area is 80.9 Å². The minimum Gasteiger partial charge on any atom is -0.382 e. The van der Waals surface area contributed by atoms with E-state index in [9.17, 15) is 0 Å². The van der Waals surface area contributed by atoms with Crippen LogP contribution in [0.5, 0.6) is 0 Å². The average molecular weight is 177 g/mol. The van der Waals surface area contributed by atoms with Crippen molar-refractivity contribution in [3.05, 3.63) is 23.9 Å². The molecule has 0 aromatic heterocycles. The predicted molar refractivity (Wildman–Crippen MR) is 56.4 cm³/mol. The van der Waals surface area contributed by atoms with Crippen molar-refractivity contribution in [2.45, 2.75) is 45.1 Å². The molecule has 0 spiro atoms. The van der Waals surface area contributed by atoms with Gasteiger partial charge in [-0.1, -0.05) is 25.2 Å². The maximum absolute atomic E-state index is 4.02. The van der Waals surface area contributed by atoms with Gasteiger partial charge in [-0.2, -0.15) is 0 Å². The van der Waals surface area contributed by atoms with Gasteiger partial charge in [-0.05, 0) is 38.0 Å². The van der Waals surface area contributed by atoms with E-state index < -0.39 is 0 Å². The molecular weight excluding hydrogens is 158 g/mol. The molecule has 1 fully saturated rings. The lowest BCUT2D eigenvalue weighted by Crippen LogP contribution is -2.40. The monoisotopic (exact) mass is 177 g/mol. The Hall–Kier alpha value is -0.720. The molecule has 1 aliphatic heterocycles. The van der Waals surface area contributed by atoms with Crippen LogP contribution >= 0.6 is 0 Å². The van der Waals surface area contributed by atoms with Crippen LogP contribution in [0.1, 0.15) is 39.0 Å². The Morgan fingerprint density at radius 1 is 1.46 bits per heavy atom. The van der Waals surface area contributed by atoms with Crippen molar-refractivity contribution < 1.29 is 0 Å². The van der Waals surface area contributed by atoms with E-state index in [2.05, 4.69) is 24.9 Å². The van der Waals surface area contributed by atoms with Crippen molar-refractivity contribution >= 4 is 0 Å². The van der Waals surface area contributed by atoms with E-state index in [0.717, 1.165) is 5.92 Å². The zero-order chi connectivity index (χ0) is 9.26. The summed E-state index contributed by atoms with van der Waals surface area (Å²) >= 11 is 0. The van der Waals surface area contributed by atoms with Gasteiger partial charge in [0.25, 0.3) is 0 Å². The highest BCUT2D eigenvalue weighted by Gasteiger charge is 2.27. The molecule has 0 amide bonds. The Balaban J connectivity index is 2.09. The third kappa shape index (κ3) is 1.79. The lowest BCUT2D eigenvalue weighted by atomic mass is 9.79. The van der Waals surface area contributed by atoms with Gasteiger partial charge in [0.2, 0.25) is 0 Å². The highest BCUT2D eigenvalue weighted by molar-refractivity contribution is 5.17. The number of nitrogens with one attached hydrogen (secondary N) is 1. The number of hydrogen-bond donors (Lipinski definition) is 1. The van der Waals surface area contributed by atoms with Crippen molar-refractivity contribution in [1.82, 2.24) is 5.32 Å². The zero-order valence-corrected chi connectivity index (χ0v) is 8.47. The molecule has 0 saturated carbocycles. The maximum atomic E-state index is 4.02. The van der Waals surface area contributed by atoms with Gasteiger partial charge in [0.15, 0.2) is 0 Å². The zero-order valence-electron chi connectivity index (χ0n) is 8.47. The van der Waals surface area contributed by atoms with Gasteiger partial charge in [0, 0.05) is 11.7 Å². The fourth-order valence-electron chi connectivity index (χ4n) is 2.47. The van der Waals surface area contributed by atoms with Crippen molar-refractivity contribution in [3.8, 4) is 0 Å². The molecule has 2 aliphatic rings. The second-order valence-corrected chi connectivity index (χ2v) is 4.29. The molecule has 13 heavy (non-hydrogen) atoms. The number of piperidine rings is 1. The van der Waals surface area contributed by atoms with Crippen LogP contribution in [0.25, 0.3) is 0 Å². The van der Waals surface area contributed by atoms with Crippen LogP contribution in [0.4, 0.5) is 0 Å². The van der Waals surface area contributed by atoms with Crippen molar-refractivity contribution in [2.75, 3.05) is 0 Å². The molecule has 2 unspecified atom stereocenters. The van der Waals surface area contributed by atoms with Crippen LogP contribution < -0.4 is 5.32 Å². The predicted octanol–water partition coefficient (Wildman–Crippen LogP) is 3.00. The second-order valence-electron chi connectivity index (χ2n) is 4.29. The maximum Gasteiger partial charge on any atom is 0.0472 e. The molecule has 2 rings (SSSR count). The third-order valence-electron chi connectivity index (χ3n) is 3.40. The Morgan fingerprint density at radius 3 is 3.00 bits per heavy atom. The quantitative estimate of drug-likeness (QED) is 0.607. The Kier molecular flexibility index (Phi) is 2.43. The van der Waals surface area contributed by atoms with E-state index in [1.54, 1.807) is 5.57 Å². The summed E-state index contributed by atoms with van der Waals surface area (Å²) in [6.07, 6.45) is 8.88. The first kappa shape index (κ1) is 8.86. The van der Waals surface area contributed by atoms with Crippen LogP contribution in [-0.4, -0.2) is 6.04 Å². The summed E-state index contributed by atoms with van der Waals surface area (Å²) in [5.41, 5.74) is 2.86. The molecule has 1 nitrogen and oxygen atoms in total. The van der Waals surface area contributed by atoms with Crippen LogP contribution in [0.2, 0.25) is 0 Å². The average Bonchev–Trinajstić information content (AvgIpc) is 2.16. The van der Waals surface area contributed by atoms with Crippen LogP contribution in [0.3, 0.4) is 0 Å². The number of hydrogen-bond acceptors (Lipinski definition) is 1. The SMILES string of the molecule is C=C1CCC2CCC(CC)=CC2N1. The minimum atomic E-state index is 0.602. The largest absolute Gasteiger partial charge is 0.382 e. The second kappa shape index (κ2) is 3.57. The van der Waals surface area contributed by atoms with Crippen molar-refractivity contribution in [1.29, 1.82) is 0 Å². The Morgan fingerprint density at radius 2 is 2.23 bits per heavy atom. The molecule has 0 radical (unpaired) electrons. The summed E-state index contributed by atoms with van der Waals surface area (Å²) in [6.45, 7) is 6.27. The highest BCUT2D eigenvalue weighted by Crippen LogP contribution is 2.32. The molecule has 2 atom stereocenters. The summed E-state index contributed by atoms with van der Waals surface area (Å²) in [5.74, 6) is 0.876. The van der Waals surface area contributed by atoms with Crippen LogP contribution in [0.15, 0.2) is 23.9 Å². The van der Waals surface area contributed by atoms with Gasteiger partial charge in [0.05, 0.1) is 0 Å². The van der Waals surface area contributed by atoms with E-state index in [1.165, 1.54) is 37.8 Å². The van der Waals surface area contributed by atoms with Crippen molar-refractivity contribution in [2.24, 2.45) is 5.92 Å². The Bertz CT molecular complexity index is 240. The van der Waals surface area contributed by atoms with E-state index in [-0.39, 0.29) is 0 Å².